The molecule has 2 heteroatoms. The summed E-state index contributed by atoms with van der Waals surface area (Å²) in [6.07, 6.45) is 5.30. The molecule has 1 aliphatic rings. The van der Waals surface area contributed by atoms with Crippen molar-refractivity contribution < 1.29 is 4.74 Å². The summed E-state index contributed by atoms with van der Waals surface area (Å²) in [6.45, 7) is 5.06. The van der Waals surface area contributed by atoms with E-state index in [1.54, 1.807) is 0 Å². The lowest BCUT2D eigenvalue weighted by molar-refractivity contribution is 0.301. The number of rotatable bonds is 7. The van der Waals surface area contributed by atoms with Crippen LogP contribution in [0.4, 0.5) is 0 Å². The first-order valence-electron chi connectivity index (χ1n) is 6.81. The van der Waals surface area contributed by atoms with Crippen molar-refractivity contribution in [3.63, 3.8) is 0 Å². The van der Waals surface area contributed by atoms with Gasteiger partial charge in [-0.25, -0.2) is 0 Å². The fraction of sp³-hybridized carbons (Fsp3) is 0.600. The second kappa shape index (κ2) is 6.65. The lowest BCUT2D eigenvalue weighted by Gasteiger charge is -2.25. The summed E-state index contributed by atoms with van der Waals surface area (Å²) in [5, 5.41) is 3.53. The van der Waals surface area contributed by atoms with Crippen LogP contribution < -0.4 is 10.1 Å². The molecule has 0 atom stereocenters. The molecular weight excluding hydrogens is 210 g/mol. The van der Waals surface area contributed by atoms with Crippen LogP contribution >= 0.6 is 0 Å². The molecule has 1 N–H and O–H groups in total. The van der Waals surface area contributed by atoms with E-state index in [4.69, 9.17) is 4.74 Å². The zero-order valence-corrected chi connectivity index (χ0v) is 10.7. The van der Waals surface area contributed by atoms with Gasteiger partial charge < -0.3 is 10.1 Å². The van der Waals surface area contributed by atoms with E-state index in [2.05, 4.69) is 30.4 Å². The summed E-state index contributed by atoms with van der Waals surface area (Å²) in [7, 11) is 0. The average molecular weight is 233 g/mol. The molecule has 17 heavy (non-hydrogen) atoms. The second-order valence-electron chi connectivity index (χ2n) is 4.92. The Kier molecular flexibility index (Phi) is 4.87. The third-order valence-corrected chi connectivity index (χ3v) is 3.36. The van der Waals surface area contributed by atoms with Crippen LogP contribution in [0, 0.1) is 5.92 Å². The summed E-state index contributed by atoms with van der Waals surface area (Å²) >= 11 is 0. The van der Waals surface area contributed by atoms with Gasteiger partial charge in [0.25, 0.3) is 0 Å². The smallest absolute Gasteiger partial charge is 0.119 e. The minimum absolute atomic E-state index is 0.805. The van der Waals surface area contributed by atoms with E-state index < -0.39 is 0 Å². The van der Waals surface area contributed by atoms with Gasteiger partial charge in [-0.05, 0) is 49.4 Å². The van der Waals surface area contributed by atoms with E-state index in [0.717, 1.165) is 31.2 Å². The predicted molar refractivity (Wildman–Crippen MR) is 71.3 cm³/mol. The Bertz CT molecular complexity index is 333. The molecule has 2 nitrogen and oxygen atoms in total. The van der Waals surface area contributed by atoms with E-state index >= 15 is 0 Å². The van der Waals surface area contributed by atoms with Crippen LogP contribution in [0.15, 0.2) is 24.3 Å². The minimum atomic E-state index is 0.805. The number of ether oxygens (including phenoxy) is 1. The summed E-state index contributed by atoms with van der Waals surface area (Å²) < 4.78 is 5.63. The topological polar surface area (TPSA) is 21.3 Å². The van der Waals surface area contributed by atoms with Gasteiger partial charge in [0.1, 0.15) is 5.75 Å². The van der Waals surface area contributed by atoms with Gasteiger partial charge in [0.05, 0.1) is 6.61 Å². The van der Waals surface area contributed by atoms with Gasteiger partial charge in [-0.2, -0.15) is 0 Å². The molecule has 1 aliphatic carbocycles. The highest BCUT2D eigenvalue weighted by atomic mass is 16.5. The molecule has 1 saturated carbocycles. The Morgan fingerprint density at radius 2 is 2.24 bits per heavy atom. The SMILES string of the molecule is CCCOc1cccc(CNCC2CCC2)c1. The van der Waals surface area contributed by atoms with Gasteiger partial charge in [-0.3, -0.25) is 0 Å². The first kappa shape index (κ1) is 12.4. The molecule has 94 valence electrons. The molecule has 2 rings (SSSR count). The first-order chi connectivity index (χ1) is 8.38. The molecular formula is C15H23NO. The van der Waals surface area contributed by atoms with Crippen molar-refractivity contribution in [3.8, 4) is 5.75 Å². The standard InChI is InChI=1S/C15H23NO/c1-2-9-17-15-8-4-7-14(10-15)12-16-11-13-5-3-6-13/h4,7-8,10,13,16H,2-3,5-6,9,11-12H2,1H3. The van der Waals surface area contributed by atoms with Crippen molar-refractivity contribution in [3.05, 3.63) is 29.8 Å². The average Bonchev–Trinajstić information content (AvgIpc) is 2.30. The maximum Gasteiger partial charge on any atom is 0.119 e. The number of hydrogen-bond acceptors (Lipinski definition) is 2. The molecule has 1 fully saturated rings. The molecule has 0 aromatic heterocycles. The largest absolute Gasteiger partial charge is 0.494 e. The summed E-state index contributed by atoms with van der Waals surface area (Å²) in [4.78, 5) is 0. The Morgan fingerprint density at radius 3 is 2.94 bits per heavy atom. The summed E-state index contributed by atoms with van der Waals surface area (Å²) in [5.41, 5.74) is 1.32. The van der Waals surface area contributed by atoms with Gasteiger partial charge in [0.15, 0.2) is 0 Å². The van der Waals surface area contributed by atoms with Crippen LogP contribution in [0.25, 0.3) is 0 Å². The van der Waals surface area contributed by atoms with Crippen molar-refractivity contribution in [1.82, 2.24) is 5.32 Å². The van der Waals surface area contributed by atoms with Crippen LogP contribution in [-0.4, -0.2) is 13.2 Å². The van der Waals surface area contributed by atoms with Gasteiger partial charge in [0.2, 0.25) is 0 Å². The number of nitrogens with one attached hydrogen (secondary N) is 1. The third kappa shape index (κ3) is 4.04. The van der Waals surface area contributed by atoms with E-state index in [1.165, 1.54) is 31.4 Å². The molecule has 1 aromatic rings. The Labute approximate surface area is 104 Å². The van der Waals surface area contributed by atoms with E-state index in [-0.39, 0.29) is 0 Å². The maximum atomic E-state index is 5.63. The van der Waals surface area contributed by atoms with Crippen LogP contribution in [0.3, 0.4) is 0 Å². The van der Waals surface area contributed by atoms with Gasteiger partial charge in [-0.15, -0.1) is 0 Å². The van der Waals surface area contributed by atoms with Crippen molar-refractivity contribution in [2.75, 3.05) is 13.2 Å². The lowest BCUT2D eigenvalue weighted by Crippen LogP contribution is -2.26. The number of benzene rings is 1. The van der Waals surface area contributed by atoms with E-state index in [9.17, 15) is 0 Å². The molecule has 0 aliphatic heterocycles. The molecule has 0 spiro atoms. The molecule has 0 bridgehead atoms. The Hall–Kier alpha value is -1.02. The highest BCUT2D eigenvalue weighted by Gasteiger charge is 2.16. The summed E-state index contributed by atoms with van der Waals surface area (Å²) in [5.74, 6) is 1.92. The molecule has 1 aromatic carbocycles. The first-order valence-corrected chi connectivity index (χ1v) is 6.81. The Balaban J connectivity index is 1.74. The zero-order chi connectivity index (χ0) is 11.9. The normalized spacial score (nSPS) is 15.6. The Morgan fingerprint density at radius 1 is 1.35 bits per heavy atom. The van der Waals surface area contributed by atoms with E-state index in [0.29, 0.717) is 0 Å². The van der Waals surface area contributed by atoms with E-state index in [1.807, 2.05) is 6.07 Å². The number of hydrogen-bond donors (Lipinski definition) is 1. The monoisotopic (exact) mass is 233 g/mol. The highest BCUT2D eigenvalue weighted by molar-refractivity contribution is 5.28. The van der Waals surface area contributed by atoms with Crippen molar-refractivity contribution >= 4 is 0 Å². The fourth-order valence-corrected chi connectivity index (χ4v) is 2.08. The molecule has 0 amide bonds. The quantitative estimate of drug-likeness (QED) is 0.779. The molecule has 0 radical (unpaired) electrons. The van der Waals surface area contributed by atoms with Crippen molar-refractivity contribution in [1.29, 1.82) is 0 Å². The van der Waals surface area contributed by atoms with Crippen LogP contribution in [0.5, 0.6) is 5.75 Å². The van der Waals surface area contributed by atoms with Crippen molar-refractivity contribution in [2.24, 2.45) is 5.92 Å². The second-order valence-corrected chi connectivity index (χ2v) is 4.92. The van der Waals surface area contributed by atoms with Gasteiger partial charge in [-0.1, -0.05) is 25.5 Å². The molecule has 0 heterocycles. The molecule has 0 saturated heterocycles. The van der Waals surface area contributed by atoms with Crippen LogP contribution in [-0.2, 0) is 6.54 Å². The predicted octanol–water partition coefficient (Wildman–Crippen LogP) is 3.37. The highest BCUT2D eigenvalue weighted by Crippen LogP contribution is 2.25. The fourth-order valence-electron chi connectivity index (χ4n) is 2.08. The van der Waals surface area contributed by atoms with Crippen LogP contribution in [0.1, 0.15) is 38.2 Å². The zero-order valence-electron chi connectivity index (χ0n) is 10.7. The minimum Gasteiger partial charge on any atom is -0.494 e. The third-order valence-electron chi connectivity index (χ3n) is 3.36. The summed E-state index contributed by atoms with van der Waals surface area (Å²) in [6, 6.07) is 8.41. The maximum absolute atomic E-state index is 5.63. The van der Waals surface area contributed by atoms with Crippen molar-refractivity contribution in [2.45, 2.75) is 39.2 Å². The molecule has 0 unspecified atom stereocenters. The lowest BCUT2D eigenvalue weighted by atomic mass is 9.85. The van der Waals surface area contributed by atoms with Gasteiger partial charge >= 0.3 is 0 Å². The van der Waals surface area contributed by atoms with Gasteiger partial charge in [0, 0.05) is 6.54 Å². The van der Waals surface area contributed by atoms with Crippen LogP contribution in [0.2, 0.25) is 0 Å².